The van der Waals surface area contributed by atoms with E-state index in [0.29, 0.717) is 30.5 Å². The maximum Gasteiger partial charge on any atom is 0.223 e. The number of hydrogen-bond donors (Lipinski definition) is 0. The predicted octanol–water partition coefficient (Wildman–Crippen LogP) is 3.75. The third-order valence-corrected chi connectivity index (χ3v) is 4.42. The van der Waals surface area contributed by atoms with Crippen LogP contribution in [0.4, 0.5) is 0 Å². The molecule has 1 heterocycles. The summed E-state index contributed by atoms with van der Waals surface area (Å²) in [5.41, 5.74) is 1.84. The van der Waals surface area contributed by atoms with E-state index in [0.717, 1.165) is 18.4 Å². The van der Waals surface area contributed by atoms with E-state index in [1.165, 1.54) is 6.42 Å². The van der Waals surface area contributed by atoms with E-state index in [2.05, 4.69) is 13.8 Å². The van der Waals surface area contributed by atoms with Gasteiger partial charge in [-0.1, -0.05) is 29.8 Å². The van der Waals surface area contributed by atoms with E-state index in [4.69, 9.17) is 0 Å². The predicted molar refractivity (Wildman–Crippen MR) is 84.4 cm³/mol. The average molecular weight is 287 g/mol. The van der Waals surface area contributed by atoms with Gasteiger partial charge in [-0.3, -0.25) is 9.59 Å². The molecule has 2 rings (SSSR count). The molecule has 0 bridgehead atoms. The first-order valence-corrected chi connectivity index (χ1v) is 7.90. The van der Waals surface area contributed by atoms with E-state index in [1.807, 2.05) is 36.1 Å². The molecule has 1 amide bonds. The van der Waals surface area contributed by atoms with Crippen LogP contribution in [0, 0.1) is 6.92 Å². The van der Waals surface area contributed by atoms with Crippen LogP contribution in [0.1, 0.15) is 61.9 Å². The molecular formula is C18H25NO2. The van der Waals surface area contributed by atoms with Crippen LogP contribution in [0.5, 0.6) is 0 Å². The Hall–Kier alpha value is -1.64. The fourth-order valence-corrected chi connectivity index (χ4v) is 3.15. The Morgan fingerprint density at radius 2 is 1.62 bits per heavy atom. The van der Waals surface area contributed by atoms with E-state index in [-0.39, 0.29) is 11.7 Å². The Labute approximate surface area is 127 Å². The van der Waals surface area contributed by atoms with Crippen molar-refractivity contribution in [2.45, 2.75) is 65.0 Å². The zero-order chi connectivity index (χ0) is 15.4. The molecule has 1 fully saturated rings. The monoisotopic (exact) mass is 287 g/mol. The molecule has 2 unspecified atom stereocenters. The summed E-state index contributed by atoms with van der Waals surface area (Å²) in [5, 5.41) is 0. The van der Waals surface area contributed by atoms with Crippen molar-refractivity contribution in [2.24, 2.45) is 0 Å². The van der Waals surface area contributed by atoms with Crippen molar-refractivity contribution >= 4 is 11.7 Å². The quantitative estimate of drug-likeness (QED) is 0.791. The molecule has 0 N–H and O–H groups in total. The molecule has 1 aliphatic heterocycles. The number of rotatable bonds is 4. The smallest absolute Gasteiger partial charge is 0.223 e. The van der Waals surface area contributed by atoms with Crippen molar-refractivity contribution in [1.29, 1.82) is 0 Å². The van der Waals surface area contributed by atoms with Gasteiger partial charge in [-0.2, -0.15) is 0 Å². The fraction of sp³-hybridized carbons (Fsp3) is 0.556. The second kappa shape index (κ2) is 6.88. The number of amides is 1. The Bertz CT molecular complexity index is 496. The van der Waals surface area contributed by atoms with Crippen molar-refractivity contribution in [3.63, 3.8) is 0 Å². The minimum Gasteiger partial charge on any atom is -0.337 e. The Morgan fingerprint density at radius 3 is 2.19 bits per heavy atom. The Balaban J connectivity index is 1.91. The standard InChI is InChI=1S/C18H25NO2/c1-13-7-9-16(10-8-13)17(20)11-12-18(21)19-14(2)5-4-6-15(19)3/h7-10,14-15H,4-6,11-12H2,1-3H3. The average Bonchev–Trinajstić information content (AvgIpc) is 2.45. The van der Waals surface area contributed by atoms with Gasteiger partial charge in [0.05, 0.1) is 0 Å². The van der Waals surface area contributed by atoms with Crippen molar-refractivity contribution in [3.05, 3.63) is 35.4 Å². The SMILES string of the molecule is Cc1ccc(C(=O)CCC(=O)N2C(C)CCCC2C)cc1. The normalized spacial score (nSPS) is 22.1. The summed E-state index contributed by atoms with van der Waals surface area (Å²) in [6.45, 7) is 6.21. The van der Waals surface area contributed by atoms with Gasteiger partial charge in [-0.25, -0.2) is 0 Å². The molecule has 2 atom stereocenters. The van der Waals surface area contributed by atoms with E-state index < -0.39 is 0 Å². The van der Waals surface area contributed by atoms with Crippen LogP contribution < -0.4 is 0 Å². The van der Waals surface area contributed by atoms with Crippen LogP contribution in [-0.4, -0.2) is 28.7 Å². The van der Waals surface area contributed by atoms with Gasteiger partial charge in [0, 0.05) is 30.5 Å². The van der Waals surface area contributed by atoms with Gasteiger partial charge < -0.3 is 4.90 Å². The van der Waals surface area contributed by atoms with Gasteiger partial charge in [0.1, 0.15) is 0 Å². The lowest BCUT2D eigenvalue weighted by Gasteiger charge is -2.39. The van der Waals surface area contributed by atoms with Crippen molar-refractivity contribution in [2.75, 3.05) is 0 Å². The van der Waals surface area contributed by atoms with E-state index >= 15 is 0 Å². The lowest BCUT2D eigenvalue weighted by Crippen LogP contribution is -2.47. The van der Waals surface area contributed by atoms with Gasteiger partial charge in [-0.15, -0.1) is 0 Å². The Morgan fingerprint density at radius 1 is 1.05 bits per heavy atom. The van der Waals surface area contributed by atoms with Crippen LogP contribution in [0.25, 0.3) is 0 Å². The number of nitrogens with zero attached hydrogens (tertiary/aromatic N) is 1. The maximum absolute atomic E-state index is 12.4. The minimum absolute atomic E-state index is 0.0562. The highest BCUT2D eigenvalue weighted by atomic mass is 16.2. The number of ketones is 1. The van der Waals surface area contributed by atoms with Crippen molar-refractivity contribution in [3.8, 4) is 0 Å². The summed E-state index contributed by atoms with van der Waals surface area (Å²) >= 11 is 0. The van der Waals surface area contributed by atoms with Crippen LogP contribution in [0.2, 0.25) is 0 Å². The van der Waals surface area contributed by atoms with Gasteiger partial charge in [0.15, 0.2) is 5.78 Å². The third-order valence-electron chi connectivity index (χ3n) is 4.42. The lowest BCUT2D eigenvalue weighted by atomic mass is 9.96. The number of likely N-dealkylation sites (tertiary alicyclic amines) is 1. The molecule has 0 aliphatic carbocycles. The Kier molecular flexibility index (Phi) is 5.16. The van der Waals surface area contributed by atoms with Gasteiger partial charge >= 0.3 is 0 Å². The molecule has 0 radical (unpaired) electrons. The van der Waals surface area contributed by atoms with Crippen LogP contribution in [0.3, 0.4) is 0 Å². The first-order valence-electron chi connectivity index (χ1n) is 7.90. The number of carbonyl (C=O) groups excluding carboxylic acids is 2. The molecule has 1 saturated heterocycles. The van der Waals surface area contributed by atoms with Crippen LogP contribution >= 0.6 is 0 Å². The topological polar surface area (TPSA) is 37.4 Å². The number of benzene rings is 1. The van der Waals surface area contributed by atoms with Crippen LogP contribution in [0.15, 0.2) is 24.3 Å². The second-order valence-electron chi connectivity index (χ2n) is 6.22. The third kappa shape index (κ3) is 3.93. The second-order valence-corrected chi connectivity index (χ2v) is 6.22. The molecule has 0 saturated carbocycles. The first-order chi connectivity index (χ1) is 9.99. The maximum atomic E-state index is 12.4. The first kappa shape index (κ1) is 15.7. The molecule has 3 nitrogen and oxygen atoms in total. The largest absolute Gasteiger partial charge is 0.337 e. The highest BCUT2D eigenvalue weighted by Crippen LogP contribution is 2.23. The summed E-state index contributed by atoms with van der Waals surface area (Å²) in [4.78, 5) is 26.5. The van der Waals surface area contributed by atoms with Crippen molar-refractivity contribution in [1.82, 2.24) is 4.90 Å². The van der Waals surface area contributed by atoms with Gasteiger partial charge in [0.25, 0.3) is 0 Å². The number of Topliss-reactive ketones (excluding diaryl/α,β-unsaturated/α-hetero) is 1. The summed E-state index contributed by atoms with van der Waals surface area (Å²) in [5.74, 6) is 0.177. The van der Waals surface area contributed by atoms with Crippen LogP contribution in [-0.2, 0) is 4.79 Å². The lowest BCUT2D eigenvalue weighted by molar-refractivity contribution is -0.137. The molecule has 1 aromatic carbocycles. The molecule has 1 aromatic rings. The number of hydrogen-bond acceptors (Lipinski definition) is 2. The van der Waals surface area contributed by atoms with E-state index in [1.54, 1.807) is 0 Å². The van der Waals surface area contributed by atoms with Gasteiger partial charge in [-0.05, 0) is 40.0 Å². The molecule has 0 spiro atoms. The number of carbonyl (C=O) groups is 2. The zero-order valence-electron chi connectivity index (χ0n) is 13.3. The minimum atomic E-state index is 0.0562. The summed E-state index contributed by atoms with van der Waals surface area (Å²) in [7, 11) is 0. The summed E-state index contributed by atoms with van der Waals surface area (Å²) in [6.07, 6.45) is 3.96. The highest BCUT2D eigenvalue weighted by molar-refractivity contribution is 5.98. The summed E-state index contributed by atoms with van der Waals surface area (Å²) in [6, 6.07) is 8.16. The highest BCUT2D eigenvalue weighted by Gasteiger charge is 2.28. The molecule has 1 aliphatic rings. The number of aryl methyl sites for hydroxylation is 1. The van der Waals surface area contributed by atoms with E-state index in [9.17, 15) is 9.59 Å². The molecular weight excluding hydrogens is 262 g/mol. The zero-order valence-corrected chi connectivity index (χ0v) is 13.3. The molecule has 114 valence electrons. The van der Waals surface area contributed by atoms with Crippen molar-refractivity contribution < 1.29 is 9.59 Å². The molecule has 0 aromatic heterocycles. The molecule has 21 heavy (non-hydrogen) atoms. The fourth-order valence-electron chi connectivity index (χ4n) is 3.15. The van der Waals surface area contributed by atoms with Gasteiger partial charge in [0.2, 0.25) is 5.91 Å². The molecule has 3 heteroatoms. The number of piperidine rings is 1. The summed E-state index contributed by atoms with van der Waals surface area (Å²) < 4.78 is 0.